The lowest BCUT2D eigenvalue weighted by Crippen LogP contribution is -2.32. The Kier molecular flexibility index (Phi) is 7.26. The molecule has 3 heterocycles. The Morgan fingerprint density at radius 1 is 1.21 bits per heavy atom. The number of hydrogen-bond donors (Lipinski definition) is 0. The van der Waals surface area contributed by atoms with Crippen LogP contribution in [0.2, 0.25) is 0 Å². The minimum atomic E-state index is -0.641. The van der Waals surface area contributed by atoms with Crippen molar-refractivity contribution >= 4 is 28.2 Å². The lowest BCUT2D eigenvalue weighted by Gasteiger charge is -2.28. The summed E-state index contributed by atoms with van der Waals surface area (Å²) in [6.45, 7) is 4.46. The quantitative estimate of drug-likeness (QED) is 0.430. The van der Waals surface area contributed by atoms with Gasteiger partial charge in [0.2, 0.25) is 10.9 Å². The molecule has 0 N–H and O–H groups in total. The molecule has 3 aromatic rings. The number of ether oxygens (including phenoxy) is 2. The third kappa shape index (κ3) is 4.82. The number of esters is 1. The average Bonchev–Trinajstić information content (AvgIpc) is 3.42. The van der Waals surface area contributed by atoms with E-state index in [4.69, 9.17) is 9.47 Å². The van der Waals surface area contributed by atoms with Crippen LogP contribution in [-0.2, 0) is 27.4 Å². The zero-order chi connectivity index (χ0) is 24.2. The first kappa shape index (κ1) is 23.9. The van der Waals surface area contributed by atoms with Crippen LogP contribution in [-0.4, -0.2) is 45.0 Å². The summed E-state index contributed by atoms with van der Waals surface area (Å²) in [5.41, 5.74) is 0.905. The molecule has 2 atom stereocenters. The first-order valence-corrected chi connectivity index (χ1v) is 12.3. The predicted octanol–water partition coefficient (Wildman–Crippen LogP) is 3.16. The van der Waals surface area contributed by atoms with Crippen molar-refractivity contribution < 1.29 is 19.1 Å². The number of amides is 1. The van der Waals surface area contributed by atoms with Crippen molar-refractivity contribution in [2.24, 2.45) is 5.92 Å². The highest BCUT2D eigenvalue weighted by Crippen LogP contribution is 2.39. The Bertz CT molecular complexity index is 1240. The zero-order valence-corrected chi connectivity index (χ0v) is 20.3. The Labute approximate surface area is 201 Å². The molecule has 0 aliphatic carbocycles. The molecule has 4 rings (SSSR count). The van der Waals surface area contributed by atoms with Gasteiger partial charge < -0.3 is 14.4 Å². The van der Waals surface area contributed by atoms with E-state index in [1.54, 1.807) is 12.0 Å². The van der Waals surface area contributed by atoms with Gasteiger partial charge in [-0.25, -0.2) is 4.98 Å². The molecule has 180 valence electrons. The second kappa shape index (κ2) is 10.3. The van der Waals surface area contributed by atoms with Crippen molar-refractivity contribution in [3.05, 3.63) is 57.0 Å². The van der Waals surface area contributed by atoms with Crippen LogP contribution in [0.5, 0.6) is 5.75 Å². The summed E-state index contributed by atoms with van der Waals surface area (Å²) in [7, 11) is 1.59. The van der Waals surface area contributed by atoms with E-state index in [0.717, 1.165) is 23.4 Å². The number of benzene rings is 1. The largest absolute Gasteiger partial charge is 0.497 e. The molecular formula is C24H28N4O5S. The summed E-state index contributed by atoms with van der Waals surface area (Å²) in [4.78, 5) is 45.0. The normalized spacial score (nSPS) is 18.0. The molecule has 1 fully saturated rings. The number of carbonyl (C=O) groups is 2. The van der Waals surface area contributed by atoms with E-state index in [1.807, 2.05) is 31.2 Å². The lowest BCUT2D eigenvalue weighted by atomic mass is 9.93. The maximum atomic E-state index is 13.1. The number of nitrogens with zero attached hydrogens (tertiary/aromatic N) is 4. The standard InChI is InChI=1S/C24H28N4O5S/c1-4-6-11-27-20(29)13-18(22(27)15-7-9-17(32-3)10-8-15)23(31)33-14-16-12-21(30)28-24(25-16)34-19(5-2)26-28/h7-10,12,18,22H,4-6,11,13-14H2,1-3H3. The first-order valence-electron chi connectivity index (χ1n) is 11.4. The summed E-state index contributed by atoms with van der Waals surface area (Å²) in [6, 6.07) is 8.33. The lowest BCUT2D eigenvalue weighted by molar-refractivity contribution is -0.151. The second-order valence-electron chi connectivity index (χ2n) is 8.21. The van der Waals surface area contributed by atoms with Crippen molar-refractivity contribution in [2.45, 2.75) is 52.2 Å². The third-order valence-electron chi connectivity index (χ3n) is 5.95. The molecule has 2 unspecified atom stereocenters. The molecule has 0 saturated carbocycles. The molecule has 1 aromatic carbocycles. The van der Waals surface area contributed by atoms with E-state index < -0.39 is 17.9 Å². The Morgan fingerprint density at radius 3 is 2.65 bits per heavy atom. The Balaban J connectivity index is 1.54. The number of methoxy groups -OCH3 is 1. The van der Waals surface area contributed by atoms with Gasteiger partial charge in [-0.1, -0.05) is 43.7 Å². The van der Waals surface area contributed by atoms with Crippen molar-refractivity contribution in [3.63, 3.8) is 0 Å². The van der Waals surface area contributed by atoms with Crippen molar-refractivity contribution in [1.82, 2.24) is 19.5 Å². The van der Waals surface area contributed by atoms with Gasteiger partial charge in [0.05, 0.1) is 24.8 Å². The number of hydrogen-bond acceptors (Lipinski definition) is 8. The molecule has 1 saturated heterocycles. The fraction of sp³-hybridized carbons (Fsp3) is 0.458. The fourth-order valence-corrected chi connectivity index (χ4v) is 5.03. The van der Waals surface area contributed by atoms with Crippen LogP contribution >= 0.6 is 11.3 Å². The first-order chi connectivity index (χ1) is 16.4. The van der Waals surface area contributed by atoms with E-state index in [2.05, 4.69) is 17.0 Å². The summed E-state index contributed by atoms with van der Waals surface area (Å²) in [6.07, 6.45) is 2.58. The van der Waals surface area contributed by atoms with Crippen LogP contribution in [0.15, 0.2) is 35.1 Å². The third-order valence-corrected chi connectivity index (χ3v) is 7.00. The van der Waals surface area contributed by atoms with Crippen LogP contribution in [0.1, 0.15) is 55.4 Å². The van der Waals surface area contributed by atoms with Gasteiger partial charge in [0.1, 0.15) is 17.4 Å². The maximum Gasteiger partial charge on any atom is 0.312 e. The van der Waals surface area contributed by atoms with Gasteiger partial charge in [-0.2, -0.15) is 9.61 Å². The van der Waals surface area contributed by atoms with Crippen molar-refractivity contribution in [1.29, 1.82) is 0 Å². The molecule has 10 heteroatoms. The van der Waals surface area contributed by atoms with Gasteiger partial charge in [-0.15, -0.1) is 0 Å². The van der Waals surface area contributed by atoms with Gasteiger partial charge in [0.25, 0.3) is 5.56 Å². The maximum absolute atomic E-state index is 13.1. The van der Waals surface area contributed by atoms with E-state index in [1.165, 1.54) is 21.9 Å². The number of unbranched alkanes of at least 4 members (excludes halogenated alkanes) is 1. The van der Waals surface area contributed by atoms with Gasteiger partial charge in [-0.05, 0) is 30.5 Å². The summed E-state index contributed by atoms with van der Waals surface area (Å²) in [5.74, 6) is -0.480. The van der Waals surface area contributed by atoms with Crippen molar-refractivity contribution in [3.8, 4) is 5.75 Å². The van der Waals surface area contributed by atoms with E-state index in [0.29, 0.717) is 29.4 Å². The Morgan fingerprint density at radius 2 is 1.97 bits per heavy atom. The highest BCUT2D eigenvalue weighted by atomic mass is 32.1. The van der Waals surface area contributed by atoms with Crippen molar-refractivity contribution in [2.75, 3.05) is 13.7 Å². The molecule has 34 heavy (non-hydrogen) atoms. The number of aryl methyl sites for hydroxylation is 1. The fourth-order valence-electron chi connectivity index (χ4n) is 4.17. The molecule has 0 radical (unpaired) electrons. The number of likely N-dealkylation sites (tertiary alicyclic amines) is 1. The Hall–Kier alpha value is -3.27. The number of rotatable bonds is 9. The minimum Gasteiger partial charge on any atom is -0.497 e. The van der Waals surface area contributed by atoms with Crippen LogP contribution in [0.4, 0.5) is 0 Å². The number of carbonyl (C=O) groups excluding carboxylic acids is 2. The van der Waals surface area contributed by atoms with Crippen LogP contribution in [0.3, 0.4) is 0 Å². The summed E-state index contributed by atoms with van der Waals surface area (Å²) in [5, 5.41) is 5.03. The highest BCUT2D eigenvalue weighted by molar-refractivity contribution is 7.16. The minimum absolute atomic E-state index is 0.0641. The highest BCUT2D eigenvalue weighted by Gasteiger charge is 2.45. The molecule has 1 aliphatic rings. The average molecular weight is 485 g/mol. The molecule has 2 aromatic heterocycles. The van der Waals surface area contributed by atoms with Gasteiger partial charge >= 0.3 is 5.97 Å². The molecule has 0 spiro atoms. The molecular weight excluding hydrogens is 456 g/mol. The zero-order valence-electron chi connectivity index (χ0n) is 19.5. The van der Waals surface area contributed by atoms with Gasteiger partial charge in [0, 0.05) is 19.0 Å². The molecule has 1 aliphatic heterocycles. The predicted molar refractivity (Wildman–Crippen MR) is 127 cm³/mol. The topological polar surface area (TPSA) is 103 Å². The monoisotopic (exact) mass is 484 g/mol. The summed E-state index contributed by atoms with van der Waals surface area (Å²) >= 11 is 1.33. The van der Waals surface area contributed by atoms with E-state index >= 15 is 0 Å². The summed E-state index contributed by atoms with van der Waals surface area (Å²) < 4.78 is 12.1. The van der Waals surface area contributed by atoms with Crippen LogP contribution < -0.4 is 10.3 Å². The van der Waals surface area contributed by atoms with Gasteiger partial charge in [0.15, 0.2) is 0 Å². The second-order valence-corrected chi connectivity index (χ2v) is 9.25. The number of fused-ring (bicyclic) bond motifs is 1. The smallest absolute Gasteiger partial charge is 0.312 e. The number of aromatic nitrogens is 3. The molecule has 9 nitrogen and oxygen atoms in total. The van der Waals surface area contributed by atoms with Crippen LogP contribution in [0.25, 0.3) is 4.96 Å². The van der Waals surface area contributed by atoms with E-state index in [-0.39, 0.29) is 24.5 Å². The molecule has 1 amide bonds. The molecule has 0 bridgehead atoms. The van der Waals surface area contributed by atoms with Crippen LogP contribution in [0, 0.1) is 5.92 Å². The van der Waals surface area contributed by atoms with E-state index in [9.17, 15) is 14.4 Å². The SMILES string of the molecule is CCCCN1C(=O)CC(C(=O)OCc2cc(=O)n3nc(CC)sc3n2)C1c1ccc(OC)cc1. The van der Waals surface area contributed by atoms with Gasteiger partial charge in [-0.3, -0.25) is 14.4 Å².